The Kier molecular flexibility index (Phi) is 4.77. The maximum Gasteiger partial charge on any atom is 0.0273 e. The molecule has 1 rings (SSSR count). The van der Waals surface area contributed by atoms with Gasteiger partial charge >= 0.3 is 0 Å². The SMILES string of the molecule is C=Cc1ccncc1.N=O. The molecule has 10 heavy (non-hydrogen) atoms. The highest BCUT2D eigenvalue weighted by molar-refractivity contribution is 5.44. The number of pyridine rings is 1. The van der Waals surface area contributed by atoms with E-state index in [1.54, 1.807) is 18.5 Å². The fourth-order valence-electron chi connectivity index (χ4n) is 0.500. The van der Waals surface area contributed by atoms with E-state index in [-0.39, 0.29) is 0 Å². The number of aromatic nitrogens is 1. The van der Waals surface area contributed by atoms with Crippen LogP contribution < -0.4 is 0 Å². The molecule has 0 atom stereocenters. The van der Waals surface area contributed by atoms with Crippen molar-refractivity contribution >= 4 is 6.08 Å². The van der Waals surface area contributed by atoms with Crippen LogP contribution in [0.1, 0.15) is 5.56 Å². The molecule has 0 bridgehead atoms. The van der Waals surface area contributed by atoms with Crippen molar-refractivity contribution in [1.29, 1.82) is 5.59 Å². The molecule has 0 aliphatic carbocycles. The van der Waals surface area contributed by atoms with E-state index in [0.717, 1.165) is 5.56 Å². The lowest BCUT2D eigenvalue weighted by Crippen LogP contribution is -1.69. The number of rotatable bonds is 1. The molecule has 3 nitrogen and oxygen atoms in total. The van der Waals surface area contributed by atoms with Crippen molar-refractivity contribution in [2.45, 2.75) is 0 Å². The second-order valence-corrected chi connectivity index (χ2v) is 1.48. The van der Waals surface area contributed by atoms with Gasteiger partial charge in [-0.1, -0.05) is 18.2 Å². The number of hydrogen-bond donors (Lipinski definition) is 1. The van der Waals surface area contributed by atoms with Crippen LogP contribution in [0.5, 0.6) is 0 Å². The average Bonchev–Trinajstić information content (AvgIpc) is 2.10. The van der Waals surface area contributed by atoms with E-state index >= 15 is 0 Å². The summed E-state index contributed by atoms with van der Waals surface area (Å²) in [5, 5.41) is 0. The third-order valence-electron chi connectivity index (χ3n) is 0.942. The normalized spacial score (nSPS) is 7.20. The van der Waals surface area contributed by atoms with Crippen molar-refractivity contribution in [2.24, 2.45) is 0 Å². The highest BCUT2D eigenvalue weighted by Gasteiger charge is 1.76. The van der Waals surface area contributed by atoms with Crippen LogP contribution in [-0.2, 0) is 0 Å². The molecule has 0 aliphatic heterocycles. The van der Waals surface area contributed by atoms with E-state index in [9.17, 15) is 0 Å². The summed E-state index contributed by atoms with van der Waals surface area (Å²) in [7, 11) is 0. The van der Waals surface area contributed by atoms with Crippen LogP contribution in [0, 0.1) is 10.5 Å². The molecule has 0 unspecified atom stereocenters. The van der Waals surface area contributed by atoms with Crippen LogP contribution in [0.25, 0.3) is 6.08 Å². The van der Waals surface area contributed by atoms with Crippen molar-refractivity contribution in [1.82, 2.24) is 4.98 Å². The zero-order chi connectivity index (χ0) is 7.82. The van der Waals surface area contributed by atoms with E-state index in [2.05, 4.69) is 17.2 Å². The third-order valence-corrected chi connectivity index (χ3v) is 0.942. The third kappa shape index (κ3) is 2.71. The van der Waals surface area contributed by atoms with Crippen molar-refractivity contribution in [3.63, 3.8) is 0 Å². The number of nitroso groups, excluding NO2 is 1. The molecule has 0 aromatic carbocycles. The first-order valence-corrected chi connectivity index (χ1v) is 2.66. The van der Waals surface area contributed by atoms with Crippen molar-refractivity contribution in [3.05, 3.63) is 41.6 Å². The summed E-state index contributed by atoms with van der Waals surface area (Å²) in [5.41, 5.74) is 5.61. The van der Waals surface area contributed by atoms with Gasteiger partial charge in [-0.05, 0) is 17.7 Å². The Morgan fingerprint density at radius 1 is 1.40 bits per heavy atom. The van der Waals surface area contributed by atoms with E-state index in [1.165, 1.54) is 0 Å². The van der Waals surface area contributed by atoms with Gasteiger partial charge in [0.1, 0.15) is 0 Å². The Labute approximate surface area is 59.2 Å². The standard InChI is InChI=1S/C7H7N.HNO/c1-2-7-3-5-8-6-4-7;1-2/h2-6H,1H2;1H. The predicted molar refractivity (Wildman–Crippen MR) is 40.4 cm³/mol. The Hall–Kier alpha value is -1.51. The summed E-state index contributed by atoms with van der Waals surface area (Å²) in [6.45, 7) is 3.60. The molecule has 1 aromatic rings. The number of nitrogens with one attached hydrogen (secondary N) is 1. The topological polar surface area (TPSA) is 53.8 Å². The molecule has 0 spiro atoms. The largest absolute Gasteiger partial charge is 0.265 e. The van der Waals surface area contributed by atoms with Crippen LogP contribution in [-0.4, -0.2) is 4.98 Å². The van der Waals surface area contributed by atoms with Crippen molar-refractivity contribution in [3.8, 4) is 0 Å². The van der Waals surface area contributed by atoms with Gasteiger partial charge in [-0.15, -0.1) is 0 Å². The van der Waals surface area contributed by atoms with Gasteiger partial charge in [-0.2, -0.15) is 4.91 Å². The van der Waals surface area contributed by atoms with Crippen molar-refractivity contribution < 1.29 is 0 Å². The molecule has 3 heteroatoms. The molecule has 0 saturated heterocycles. The Morgan fingerprint density at radius 3 is 2.20 bits per heavy atom. The molecule has 52 valence electrons. The number of hydrogen-bond acceptors (Lipinski definition) is 3. The van der Waals surface area contributed by atoms with Gasteiger partial charge in [-0.25, -0.2) is 0 Å². The Balaban J connectivity index is 0.000000371. The summed E-state index contributed by atoms with van der Waals surface area (Å²) in [6.07, 6.45) is 5.29. The first kappa shape index (κ1) is 8.49. The second kappa shape index (κ2) is 5.62. The first-order valence-electron chi connectivity index (χ1n) is 2.66. The summed E-state index contributed by atoms with van der Waals surface area (Å²) in [4.78, 5) is 11.3. The molecule has 1 heterocycles. The fraction of sp³-hybridized carbons (Fsp3) is 0. The monoisotopic (exact) mass is 136 g/mol. The van der Waals surface area contributed by atoms with Crippen LogP contribution >= 0.6 is 0 Å². The zero-order valence-corrected chi connectivity index (χ0v) is 5.45. The molecule has 1 aromatic heterocycles. The van der Waals surface area contributed by atoms with Gasteiger partial charge in [0, 0.05) is 12.4 Å². The minimum absolute atomic E-state index is 1.11. The molecule has 0 fully saturated rings. The molecule has 1 N–H and O–H groups in total. The van der Waals surface area contributed by atoms with Crippen molar-refractivity contribution in [2.75, 3.05) is 0 Å². The summed E-state index contributed by atoms with van der Waals surface area (Å²) in [5.74, 6) is 0. The summed E-state index contributed by atoms with van der Waals surface area (Å²) < 4.78 is 0. The molecular weight excluding hydrogens is 128 g/mol. The molecule has 0 amide bonds. The molecule has 0 saturated carbocycles. The average molecular weight is 136 g/mol. The number of nitrogens with zero attached hydrogens (tertiary/aromatic N) is 1. The molecule has 0 aliphatic rings. The van der Waals surface area contributed by atoms with Gasteiger partial charge < -0.3 is 0 Å². The van der Waals surface area contributed by atoms with Crippen LogP contribution in [0.3, 0.4) is 0 Å². The van der Waals surface area contributed by atoms with Gasteiger partial charge in [0.15, 0.2) is 0 Å². The lowest BCUT2D eigenvalue weighted by Gasteiger charge is -1.84. The highest BCUT2D eigenvalue weighted by atomic mass is 16.2. The van der Waals surface area contributed by atoms with Gasteiger partial charge in [0.05, 0.1) is 0 Å². The Bertz CT molecular complexity index is 186. The lowest BCUT2D eigenvalue weighted by atomic mass is 10.3. The Morgan fingerprint density at radius 2 is 1.90 bits per heavy atom. The maximum atomic E-state index is 7.50. The van der Waals surface area contributed by atoms with Crippen LogP contribution in [0.2, 0.25) is 0 Å². The first-order chi connectivity index (χ1) is 4.93. The smallest absolute Gasteiger partial charge is 0.0273 e. The minimum Gasteiger partial charge on any atom is -0.265 e. The lowest BCUT2D eigenvalue weighted by molar-refractivity contribution is 1.32. The minimum atomic E-state index is 1.11. The fourth-order valence-corrected chi connectivity index (χ4v) is 0.500. The summed E-state index contributed by atoms with van der Waals surface area (Å²) in [6, 6.07) is 3.82. The molecule has 0 radical (unpaired) electrons. The summed E-state index contributed by atoms with van der Waals surface area (Å²) >= 11 is 0. The van der Waals surface area contributed by atoms with Gasteiger partial charge in [0.2, 0.25) is 0 Å². The second-order valence-electron chi connectivity index (χ2n) is 1.48. The highest BCUT2D eigenvalue weighted by Crippen LogP contribution is 1.94. The maximum absolute atomic E-state index is 7.50. The van der Waals surface area contributed by atoms with Gasteiger partial charge in [-0.3, -0.25) is 4.98 Å². The van der Waals surface area contributed by atoms with Crippen LogP contribution in [0.4, 0.5) is 0 Å². The quantitative estimate of drug-likeness (QED) is 0.600. The van der Waals surface area contributed by atoms with E-state index in [4.69, 9.17) is 4.91 Å². The predicted octanol–water partition coefficient (Wildman–Crippen LogP) is 2.06. The van der Waals surface area contributed by atoms with E-state index in [0.29, 0.717) is 0 Å². The van der Waals surface area contributed by atoms with Gasteiger partial charge in [0.25, 0.3) is 0 Å². The molecular formula is C7H8N2O. The van der Waals surface area contributed by atoms with Crippen LogP contribution in [0.15, 0.2) is 31.1 Å². The van der Waals surface area contributed by atoms with E-state index in [1.807, 2.05) is 12.1 Å². The van der Waals surface area contributed by atoms with E-state index < -0.39 is 0 Å². The zero-order valence-electron chi connectivity index (χ0n) is 5.45.